The number of amides is 1. The van der Waals surface area contributed by atoms with Crippen molar-refractivity contribution in [3.63, 3.8) is 0 Å². The Hall–Kier alpha value is -3.37. The molecule has 1 N–H and O–H groups in total. The Bertz CT molecular complexity index is 1260. The number of ether oxygens (including phenoxy) is 3. The molecule has 8 nitrogen and oxygen atoms in total. The van der Waals surface area contributed by atoms with Gasteiger partial charge in [0.1, 0.15) is 12.3 Å². The molecule has 0 spiro atoms. The van der Waals surface area contributed by atoms with Gasteiger partial charge in [-0.2, -0.15) is 0 Å². The molecular weight excluding hydrogens is 488 g/mol. The maximum absolute atomic E-state index is 13.7. The van der Waals surface area contributed by atoms with Crippen LogP contribution in [0.1, 0.15) is 6.92 Å². The van der Waals surface area contributed by atoms with Gasteiger partial charge >= 0.3 is 0 Å². The first-order valence-electron chi connectivity index (χ1n) is 10.7. The monoisotopic (exact) mass is 516 g/mol. The zero-order valence-corrected chi connectivity index (χ0v) is 21.6. The van der Waals surface area contributed by atoms with E-state index in [2.05, 4.69) is 5.32 Å². The summed E-state index contributed by atoms with van der Waals surface area (Å²) in [5, 5.41) is 2.74. The number of para-hydroxylation sites is 2. The van der Waals surface area contributed by atoms with Crippen LogP contribution in [0.25, 0.3) is 0 Å². The Morgan fingerprint density at radius 1 is 0.943 bits per heavy atom. The van der Waals surface area contributed by atoms with E-state index in [1.807, 2.05) is 6.26 Å². The fourth-order valence-corrected chi connectivity index (χ4v) is 5.20. The highest BCUT2D eigenvalue weighted by molar-refractivity contribution is 7.98. The van der Waals surface area contributed by atoms with Gasteiger partial charge in [0.2, 0.25) is 5.91 Å². The molecule has 1 amide bonds. The van der Waals surface area contributed by atoms with Crippen LogP contribution in [0.5, 0.6) is 17.2 Å². The van der Waals surface area contributed by atoms with E-state index in [0.29, 0.717) is 29.5 Å². The molecule has 35 heavy (non-hydrogen) atoms. The Balaban J connectivity index is 1.98. The molecule has 186 valence electrons. The van der Waals surface area contributed by atoms with Crippen molar-refractivity contribution < 1.29 is 27.4 Å². The van der Waals surface area contributed by atoms with Crippen LogP contribution in [-0.4, -0.2) is 48.0 Å². The summed E-state index contributed by atoms with van der Waals surface area (Å²) in [6, 6.07) is 18.2. The standard InChI is InChI=1S/C25H28N2O6S2/c1-5-33-22-9-7-6-8-21(22)27(35(29,30)20-13-11-19(34-4)12-14-20)17-25(28)26-18-10-15-23(31-2)24(16-18)32-3/h6-16H,5,17H2,1-4H3,(H,26,28). The highest BCUT2D eigenvalue weighted by atomic mass is 32.2. The molecule has 0 aliphatic carbocycles. The number of carbonyl (C=O) groups excluding carboxylic acids is 1. The van der Waals surface area contributed by atoms with Crippen LogP contribution in [0.4, 0.5) is 11.4 Å². The molecule has 0 saturated heterocycles. The van der Waals surface area contributed by atoms with Gasteiger partial charge in [-0.05, 0) is 61.7 Å². The molecule has 0 fully saturated rings. The van der Waals surface area contributed by atoms with Crippen molar-refractivity contribution in [3.8, 4) is 17.2 Å². The lowest BCUT2D eigenvalue weighted by molar-refractivity contribution is -0.114. The van der Waals surface area contributed by atoms with E-state index >= 15 is 0 Å². The number of carbonyl (C=O) groups is 1. The summed E-state index contributed by atoms with van der Waals surface area (Å²) in [6.07, 6.45) is 1.91. The van der Waals surface area contributed by atoms with E-state index in [-0.39, 0.29) is 10.6 Å². The van der Waals surface area contributed by atoms with Gasteiger partial charge in [0.05, 0.1) is 31.4 Å². The third-order valence-electron chi connectivity index (χ3n) is 5.04. The number of hydrogen-bond donors (Lipinski definition) is 1. The second-order valence-electron chi connectivity index (χ2n) is 7.21. The molecular formula is C25H28N2O6S2. The lowest BCUT2D eigenvalue weighted by atomic mass is 10.2. The van der Waals surface area contributed by atoms with E-state index in [4.69, 9.17) is 14.2 Å². The van der Waals surface area contributed by atoms with Crippen molar-refractivity contribution in [1.29, 1.82) is 0 Å². The highest BCUT2D eigenvalue weighted by Crippen LogP contribution is 2.33. The third kappa shape index (κ3) is 6.20. The normalized spacial score (nSPS) is 11.0. The lowest BCUT2D eigenvalue weighted by Gasteiger charge is -2.26. The smallest absolute Gasteiger partial charge is 0.264 e. The molecule has 3 aromatic rings. The van der Waals surface area contributed by atoms with Crippen molar-refractivity contribution in [2.75, 3.05) is 43.2 Å². The van der Waals surface area contributed by atoms with Crippen LogP contribution in [0, 0.1) is 0 Å². The Labute approximate surface area is 210 Å². The molecule has 3 aromatic carbocycles. The molecule has 0 radical (unpaired) electrons. The molecule has 0 saturated carbocycles. The fraction of sp³-hybridized carbons (Fsp3) is 0.240. The Morgan fingerprint density at radius 3 is 2.26 bits per heavy atom. The average molecular weight is 517 g/mol. The second kappa shape index (κ2) is 11.9. The van der Waals surface area contributed by atoms with E-state index in [1.54, 1.807) is 61.5 Å². The van der Waals surface area contributed by atoms with E-state index < -0.39 is 22.5 Å². The number of benzene rings is 3. The predicted octanol–water partition coefficient (Wildman–Crippen LogP) is 4.66. The van der Waals surface area contributed by atoms with Gasteiger partial charge in [0, 0.05) is 16.6 Å². The minimum absolute atomic E-state index is 0.0699. The largest absolute Gasteiger partial charge is 0.493 e. The summed E-state index contributed by atoms with van der Waals surface area (Å²) in [5.41, 5.74) is 0.707. The van der Waals surface area contributed by atoms with Crippen LogP contribution in [0.2, 0.25) is 0 Å². The molecule has 0 heterocycles. The van der Waals surface area contributed by atoms with E-state index in [0.717, 1.165) is 9.20 Å². The summed E-state index contributed by atoms with van der Waals surface area (Å²) in [6.45, 7) is 1.68. The number of anilines is 2. The first-order valence-corrected chi connectivity index (χ1v) is 13.4. The molecule has 0 aliphatic heterocycles. The maximum Gasteiger partial charge on any atom is 0.264 e. The van der Waals surface area contributed by atoms with Gasteiger partial charge in [-0.25, -0.2) is 8.42 Å². The predicted molar refractivity (Wildman–Crippen MR) is 139 cm³/mol. The fourth-order valence-electron chi connectivity index (χ4n) is 3.36. The van der Waals surface area contributed by atoms with Crippen molar-refractivity contribution >= 4 is 39.1 Å². The number of hydrogen-bond acceptors (Lipinski definition) is 7. The number of nitrogens with one attached hydrogen (secondary N) is 1. The molecule has 0 unspecified atom stereocenters. The minimum atomic E-state index is -4.09. The first kappa shape index (κ1) is 26.2. The zero-order valence-electron chi connectivity index (χ0n) is 20.0. The Kier molecular flexibility index (Phi) is 8.89. The molecule has 10 heteroatoms. The topological polar surface area (TPSA) is 94.2 Å². The average Bonchev–Trinajstić information content (AvgIpc) is 2.87. The van der Waals surface area contributed by atoms with Crippen LogP contribution in [0.3, 0.4) is 0 Å². The molecule has 0 aromatic heterocycles. The van der Waals surface area contributed by atoms with Crippen LogP contribution in [0.15, 0.2) is 76.5 Å². The zero-order chi connectivity index (χ0) is 25.4. The van der Waals surface area contributed by atoms with Crippen LogP contribution in [-0.2, 0) is 14.8 Å². The van der Waals surface area contributed by atoms with E-state index in [1.165, 1.54) is 38.1 Å². The number of sulfonamides is 1. The van der Waals surface area contributed by atoms with Crippen molar-refractivity contribution in [3.05, 3.63) is 66.7 Å². The van der Waals surface area contributed by atoms with Gasteiger partial charge in [-0.3, -0.25) is 9.10 Å². The van der Waals surface area contributed by atoms with Gasteiger partial charge in [-0.1, -0.05) is 12.1 Å². The van der Waals surface area contributed by atoms with Gasteiger partial charge in [0.15, 0.2) is 11.5 Å². The van der Waals surface area contributed by atoms with E-state index in [9.17, 15) is 13.2 Å². The number of rotatable bonds is 11. The van der Waals surface area contributed by atoms with Gasteiger partial charge < -0.3 is 19.5 Å². The summed E-state index contributed by atoms with van der Waals surface area (Å²) >= 11 is 1.51. The third-order valence-corrected chi connectivity index (χ3v) is 7.55. The number of nitrogens with zero attached hydrogens (tertiary/aromatic N) is 1. The molecule has 3 rings (SSSR count). The van der Waals surface area contributed by atoms with Gasteiger partial charge in [0.25, 0.3) is 10.0 Å². The number of methoxy groups -OCH3 is 2. The highest BCUT2D eigenvalue weighted by Gasteiger charge is 2.29. The van der Waals surface area contributed by atoms with Crippen molar-refractivity contribution in [1.82, 2.24) is 0 Å². The number of thioether (sulfide) groups is 1. The van der Waals surface area contributed by atoms with Crippen LogP contribution >= 0.6 is 11.8 Å². The SMILES string of the molecule is CCOc1ccccc1N(CC(=O)Nc1ccc(OC)c(OC)c1)S(=O)(=O)c1ccc(SC)cc1. The molecule has 0 bridgehead atoms. The van der Waals surface area contributed by atoms with Gasteiger partial charge in [-0.15, -0.1) is 11.8 Å². The van der Waals surface area contributed by atoms with Crippen molar-refractivity contribution in [2.24, 2.45) is 0 Å². The lowest BCUT2D eigenvalue weighted by Crippen LogP contribution is -2.38. The summed E-state index contributed by atoms with van der Waals surface area (Å²) in [7, 11) is -1.09. The molecule has 0 aliphatic rings. The summed E-state index contributed by atoms with van der Waals surface area (Å²) in [5.74, 6) is 0.769. The quantitative estimate of drug-likeness (QED) is 0.371. The van der Waals surface area contributed by atoms with Crippen LogP contribution < -0.4 is 23.8 Å². The Morgan fingerprint density at radius 2 is 1.63 bits per heavy atom. The molecule has 0 atom stereocenters. The van der Waals surface area contributed by atoms with Crippen molar-refractivity contribution in [2.45, 2.75) is 16.7 Å². The maximum atomic E-state index is 13.7. The first-order chi connectivity index (χ1) is 16.8. The summed E-state index contributed by atoms with van der Waals surface area (Å²) < 4.78 is 44.6. The second-order valence-corrected chi connectivity index (χ2v) is 9.95. The summed E-state index contributed by atoms with van der Waals surface area (Å²) in [4.78, 5) is 14.1. The minimum Gasteiger partial charge on any atom is -0.493 e.